The molecule has 0 aliphatic heterocycles. The summed E-state index contributed by atoms with van der Waals surface area (Å²) in [5.41, 5.74) is 1.42. The third-order valence-electron chi connectivity index (χ3n) is 8.05. The van der Waals surface area contributed by atoms with Gasteiger partial charge in [0.1, 0.15) is 29.4 Å². The maximum absolute atomic E-state index is 14.0. The summed E-state index contributed by atoms with van der Waals surface area (Å²) in [5.74, 6) is -9.53. The third-order valence-corrected chi connectivity index (χ3v) is 8.05. The number of nitrogens with one attached hydrogen (secondary N) is 1. The number of allylic oxidation sites excluding steroid dienone is 1. The van der Waals surface area contributed by atoms with Gasteiger partial charge in [0.25, 0.3) is 11.8 Å². The number of nitrogens with zero attached hydrogens (tertiary/aromatic N) is 2. The summed E-state index contributed by atoms with van der Waals surface area (Å²) in [4.78, 5) is 67.0. The number of amides is 2. The lowest BCUT2D eigenvalue weighted by Gasteiger charge is -2.50. The fourth-order valence-electron chi connectivity index (χ4n) is 6.19. The highest BCUT2D eigenvalue weighted by molar-refractivity contribution is 6.25. The van der Waals surface area contributed by atoms with E-state index in [-0.39, 0.29) is 29.5 Å². The number of anilines is 1. The predicted octanol–water partition coefficient (Wildman–Crippen LogP) is -0.911. The van der Waals surface area contributed by atoms with Crippen LogP contribution >= 0.6 is 0 Å². The Bertz CT molecular complexity index is 1460. The van der Waals surface area contributed by atoms with Crippen molar-refractivity contribution >= 4 is 35.0 Å². The summed E-state index contributed by atoms with van der Waals surface area (Å²) in [5, 5.41) is 47.4. The number of aromatic hydroxyl groups is 1. The molecule has 220 valence electrons. The molecule has 0 unspecified atom stereocenters. The molecule has 4 rings (SSSR count). The number of fused-ring (bicyclic) bond motifs is 3. The van der Waals surface area contributed by atoms with Crippen molar-refractivity contribution in [1.29, 1.82) is 0 Å². The van der Waals surface area contributed by atoms with Crippen LogP contribution < -0.4 is 16.0 Å². The molecule has 14 nitrogen and oxygen atoms in total. The number of hydrogen-bond acceptors (Lipinski definition) is 12. The molecule has 0 saturated heterocycles. The van der Waals surface area contributed by atoms with Crippen LogP contribution in [0.2, 0.25) is 0 Å². The summed E-state index contributed by atoms with van der Waals surface area (Å²) in [6, 6.07) is 0.255. The molecule has 3 aliphatic carbocycles. The number of nitrogens with two attached hydrogens (primary N) is 1. The highest BCUT2D eigenvalue weighted by Gasteiger charge is 2.63. The zero-order chi connectivity index (χ0) is 30.7. The minimum absolute atomic E-state index is 0.0552. The Labute approximate surface area is 234 Å². The largest absolute Gasteiger partial charge is 0.510 e. The first-order valence-corrected chi connectivity index (χ1v) is 12.6. The number of carbonyl (C=O) groups is 5. The topological polar surface area (TPSA) is 220 Å². The first-order valence-electron chi connectivity index (χ1n) is 12.6. The zero-order valence-electron chi connectivity index (χ0n) is 23.1. The van der Waals surface area contributed by atoms with Gasteiger partial charge in [-0.3, -0.25) is 28.9 Å². The number of benzene rings is 1. The lowest BCUT2D eigenvalue weighted by molar-refractivity contribution is -0.148. The smallest absolute Gasteiger partial charge is 0.325 e. The number of hydrogen-bond donors (Lipinski definition) is 6. The number of carbonyl (C=O) groups excluding carboxylic acids is 5. The van der Waals surface area contributed by atoms with E-state index in [1.54, 1.807) is 33.1 Å². The van der Waals surface area contributed by atoms with Gasteiger partial charge < -0.3 is 41.1 Å². The number of esters is 1. The minimum atomic E-state index is -2.78. The molecular formula is C27H32N4O10. The summed E-state index contributed by atoms with van der Waals surface area (Å²) < 4.78 is 4.51. The minimum Gasteiger partial charge on any atom is -0.510 e. The van der Waals surface area contributed by atoms with Gasteiger partial charge in [-0.15, -0.1) is 0 Å². The average molecular weight is 573 g/mol. The molecule has 4 atom stereocenters. The second kappa shape index (κ2) is 10.2. The molecule has 0 bridgehead atoms. The second-order valence-electron chi connectivity index (χ2n) is 10.8. The molecule has 0 saturated carbocycles. The van der Waals surface area contributed by atoms with Gasteiger partial charge in [-0.05, 0) is 44.5 Å². The van der Waals surface area contributed by atoms with Gasteiger partial charge in [0.05, 0.1) is 24.3 Å². The van der Waals surface area contributed by atoms with Crippen molar-refractivity contribution < 1.29 is 49.1 Å². The van der Waals surface area contributed by atoms with E-state index in [0.717, 1.165) is 7.11 Å². The Hall–Kier alpha value is -4.43. The molecule has 0 radical (unpaired) electrons. The summed E-state index contributed by atoms with van der Waals surface area (Å²) in [6.45, 7) is -0.503. The van der Waals surface area contributed by atoms with E-state index in [0.29, 0.717) is 11.3 Å². The molecule has 7 N–H and O–H groups in total. The number of ketones is 2. The van der Waals surface area contributed by atoms with Gasteiger partial charge in [-0.2, -0.15) is 0 Å². The fraction of sp³-hybridized carbons (Fsp3) is 0.444. The Morgan fingerprint density at radius 2 is 1.78 bits per heavy atom. The maximum Gasteiger partial charge on any atom is 0.325 e. The Morgan fingerprint density at radius 1 is 1.15 bits per heavy atom. The quantitative estimate of drug-likeness (QED) is 0.180. The number of ether oxygens (including phenoxy) is 1. The highest BCUT2D eigenvalue weighted by Crippen LogP contribution is 2.53. The normalized spacial score (nSPS) is 25.4. The monoisotopic (exact) mass is 572 g/mol. The van der Waals surface area contributed by atoms with Crippen LogP contribution in [-0.4, -0.2) is 108 Å². The van der Waals surface area contributed by atoms with Gasteiger partial charge in [0, 0.05) is 31.3 Å². The van der Waals surface area contributed by atoms with E-state index in [1.807, 2.05) is 0 Å². The van der Waals surface area contributed by atoms with Gasteiger partial charge in [-0.25, -0.2) is 0 Å². The number of aliphatic hydroxyl groups is 3. The molecule has 0 fully saturated rings. The summed E-state index contributed by atoms with van der Waals surface area (Å²) in [6.07, 6.45) is -0.0135. The zero-order valence-corrected chi connectivity index (χ0v) is 23.1. The Kier molecular flexibility index (Phi) is 7.35. The first kappa shape index (κ1) is 29.6. The molecule has 3 aliphatic rings. The van der Waals surface area contributed by atoms with Gasteiger partial charge >= 0.3 is 5.97 Å². The third kappa shape index (κ3) is 4.30. The van der Waals surface area contributed by atoms with Crippen molar-refractivity contribution in [3.63, 3.8) is 0 Å². The van der Waals surface area contributed by atoms with E-state index >= 15 is 0 Å². The predicted molar refractivity (Wildman–Crippen MR) is 142 cm³/mol. The SMILES string of the molecule is COC(=O)CNC(=O)c1cc(N(C)C)c2c(c1O)C(=O)C1=C(O)[C@]3(O)C(=O)C(C(N)=O)=C(O)[C@@H](N(C)C)[C@@H]3C[C@@H]1C2. The number of aliphatic hydroxyl groups excluding tert-OH is 2. The molecule has 41 heavy (non-hydrogen) atoms. The van der Waals surface area contributed by atoms with Crippen molar-refractivity contribution in [2.24, 2.45) is 17.6 Å². The summed E-state index contributed by atoms with van der Waals surface area (Å²) >= 11 is 0. The molecule has 0 spiro atoms. The van der Waals surface area contributed by atoms with Crippen LogP contribution in [0.4, 0.5) is 5.69 Å². The molecular weight excluding hydrogens is 540 g/mol. The van der Waals surface area contributed by atoms with Crippen LogP contribution in [-0.2, 0) is 25.5 Å². The highest BCUT2D eigenvalue weighted by atomic mass is 16.5. The number of rotatable bonds is 6. The lowest BCUT2D eigenvalue weighted by Crippen LogP contribution is -2.63. The Morgan fingerprint density at radius 3 is 2.32 bits per heavy atom. The van der Waals surface area contributed by atoms with Crippen LogP contribution in [0.1, 0.15) is 32.7 Å². The van der Waals surface area contributed by atoms with E-state index in [2.05, 4.69) is 10.1 Å². The van der Waals surface area contributed by atoms with E-state index in [1.165, 1.54) is 11.0 Å². The second-order valence-corrected chi connectivity index (χ2v) is 10.8. The van der Waals surface area contributed by atoms with Gasteiger partial charge in [0.2, 0.25) is 5.78 Å². The standard InChI is InChI=1S/C27H32N4O10/c1-30(2)14-8-12(26(39)29-9-15(32)41-5)20(33)17-11(14)6-10-7-13-19(31(3)4)22(35)18(25(28)38)24(37)27(13,40)23(36)16(10)21(17)34/h8,10,13,19,33,35-36,40H,6-7,9H2,1-5H3,(H2,28,38)(H,29,39)/t10-,13-,19-,27-/m0/s1. The molecule has 2 amide bonds. The number of primary amides is 1. The lowest BCUT2D eigenvalue weighted by atomic mass is 9.58. The number of likely N-dealkylation sites (N-methyl/N-ethyl adjacent to an activating group) is 1. The van der Waals surface area contributed by atoms with Crippen LogP contribution in [0, 0.1) is 11.8 Å². The molecule has 1 aromatic rings. The van der Waals surface area contributed by atoms with Crippen LogP contribution in [0.3, 0.4) is 0 Å². The number of Topliss-reactive ketones (excluding diaryl/α,β-unsaturated/α-hetero) is 2. The van der Waals surface area contributed by atoms with Crippen LogP contribution in [0.25, 0.3) is 0 Å². The number of methoxy groups -OCH3 is 1. The first-order chi connectivity index (χ1) is 19.1. The van der Waals surface area contributed by atoms with Crippen molar-refractivity contribution in [3.05, 3.63) is 45.4 Å². The molecule has 1 aromatic carbocycles. The molecule has 14 heteroatoms. The Balaban J connectivity index is 1.92. The van der Waals surface area contributed by atoms with Crippen molar-refractivity contribution in [2.45, 2.75) is 24.5 Å². The van der Waals surface area contributed by atoms with Crippen molar-refractivity contribution in [1.82, 2.24) is 10.2 Å². The van der Waals surface area contributed by atoms with E-state index in [9.17, 15) is 44.4 Å². The van der Waals surface area contributed by atoms with Gasteiger partial charge in [-0.1, -0.05) is 0 Å². The van der Waals surface area contributed by atoms with E-state index in [4.69, 9.17) is 5.73 Å². The van der Waals surface area contributed by atoms with Crippen LogP contribution in [0.5, 0.6) is 5.75 Å². The number of phenolic OH excluding ortho intramolecular Hbond substituents is 1. The maximum atomic E-state index is 14.0. The molecule has 0 aromatic heterocycles. The van der Waals surface area contributed by atoms with E-state index < -0.39 is 82.2 Å². The molecule has 0 heterocycles. The fourth-order valence-corrected chi connectivity index (χ4v) is 6.19. The van der Waals surface area contributed by atoms with Crippen molar-refractivity contribution in [3.8, 4) is 5.75 Å². The van der Waals surface area contributed by atoms with Crippen molar-refractivity contribution in [2.75, 3.05) is 46.7 Å². The average Bonchev–Trinajstić information content (AvgIpc) is 2.88. The van der Waals surface area contributed by atoms with Crippen LogP contribution in [0.15, 0.2) is 28.7 Å². The summed E-state index contributed by atoms with van der Waals surface area (Å²) in [7, 11) is 7.54. The van der Waals surface area contributed by atoms with Gasteiger partial charge in [0.15, 0.2) is 11.4 Å². The number of phenols is 1.